The summed E-state index contributed by atoms with van der Waals surface area (Å²) in [4.78, 5) is 14.2. The van der Waals surface area contributed by atoms with E-state index in [1.54, 1.807) is 36.1 Å². The van der Waals surface area contributed by atoms with E-state index in [1.807, 2.05) is 19.1 Å². The van der Waals surface area contributed by atoms with Crippen LogP contribution in [0.5, 0.6) is 5.75 Å². The van der Waals surface area contributed by atoms with E-state index in [0.29, 0.717) is 37.7 Å². The van der Waals surface area contributed by atoms with Crippen LogP contribution < -0.4 is 9.46 Å². The van der Waals surface area contributed by atoms with Gasteiger partial charge in [0, 0.05) is 13.1 Å². The third-order valence-electron chi connectivity index (χ3n) is 4.51. The predicted octanol–water partition coefficient (Wildman–Crippen LogP) is 2.42. The second kappa shape index (κ2) is 8.62. The molecule has 1 fully saturated rings. The van der Waals surface area contributed by atoms with Crippen LogP contribution in [0, 0.1) is 6.92 Å². The van der Waals surface area contributed by atoms with Gasteiger partial charge in [-0.05, 0) is 49.7 Å². The SMILES string of the molecule is Cc1ccccc1NS(=O)(=O)c1ccc(O[C@@H](C)C(=O)N2CCOCC2)cc1. The first-order valence-electron chi connectivity index (χ1n) is 9.08. The van der Waals surface area contributed by atoms with Crippen LogP contribution in [0.4, 0.5) is 5.69 Å². The number of carbonyl (C=O) groups excluding carboxylic acids is 1. The lowest BCUT2D eigenvalue weighted by molar-refractivity contribution is -0.142. The van der Waals surface area contributed by atoms with E-state index in [1.165, 1.54) is 12.1 Å². The van der Waals surface area contributed by atoms with Crippen LogP contribution in [0.2, 0.25) is 0 Å². The fourth-order valence-corrected chi connectivity index (χ4v) is 4.01. The van der Waals surface area contributed by atoms with Gasteiger partial charge in [-0.15, -0.1) is 0 Å². The first-order chi connectivity index (χ1) is 13.4. The summed E-state index contributed by atoms with van der Waals surface area (Å²) in [5, 5.41) is 0. The molecule has 1 heterocycles. The zero-order chi connectivity index (χ0) is 20.1. The number of morpholine rings is 1. The van der Waals surface area contributed by atoms with E-state index in [-0.39, 0.29) is 10.8 Å². The number of para-hydroxylation sites is 1. The van der Waals surface area contributed by atoms with Gasteiger partial charge in [0.15, 0.2) is 6.10 Å². The number of hydrogen-bond acceptors (Lipinski definition) is 5. The monoisotopic (exact) mass is 404 g/mol. The lowest BCUT2D eigenvalue weighted by atomic mass is 10.2. The van der Waals surface area contributed by atoms with Crippen LogP contribution in [-0.2, 0) is 19.6 Å². The number of benzene rings is 2. The van der Waals surface area contributed by atoms with E-state index in [0.717, 1.165) is 5.56 Å². The molecule has 0 radical (unpaired) electrons. The number of ether oxygens (including phenoxy) is 2. The van der Waals surface area contributed by atoms with Crippen molar-refractivity contribution in [1.29, 1.82) is 0 Å². The summed E-state index contributed by atoms with van der Waals surface area (Å²) in [6.45, 7) is 5.67. The molecule has 2 aromatic carbocycles. The van der Waals surface area contributed by atoms with Gasteiger partial charge in [0.1, 0.15) is 5.75 Å². The van der Waals surface area contributed by atoms with E-state index in [9.17, 15) is 13.2 Å². The zero-order valence-corrected chi connectivity index (χ0v) is 16.7. The van der Waals surface area contributed by atoms with E-state index in [2.05, 4.69) is 4.72 Å². The Kier molecular flexibility index (Phi) is 6.21. The molecule has 28 heavy (non-hydrogen) atoms. The van der Waals surface area contributed by atoms with E-state index in [4.69, 9.17) is 9.47 Å². The van der Waals surface area contributed by atoms with Gasteiger partial charge in [0.25, 0.3) is 15.9 Å². The highest BCUT2D eigenvalue weighted by atomic mass is 32.2. The summed E-state index contributed by atoms with van der Waals surface area (Å²) < 4.78 is 38.7. The molecule has 1 N–H and O–H groups in total. The summed E-state index contributed by atoms with van der Waals surface area (Å²) >= 11 is 0. The fraction of sp³-hybridized carbons (Fsp3) is 0.350. The summed E-state index contributed by atoms with van der Waals surface area (Å²) in [6.07, 6.45) is -0.661. The third-order valence-corrected chi connectivity index (χ3v) is 5.89. The topological polar surface area (TPSA) is 84.9 Å². The lowest BCUT2D eigenvalue weighted by Gasteiger charge is -2.29. The van der Waals surface area contributed by atoms with Crippen molar-refractivity contribution in [2.45, 2.75) is 24.8 Å². The number of aryl methyl sites for hydroxylation is 1. The van der Waals surface area contributed by atoms with Gasteiger partial charge in [0.05, 0.1) is 23.8 Å². The largest absolute Gasteiger partial charge is 0.481 e. The molecule has 0 aromatic heterocycles. The molecule has 8 heteroatoms. The van der Waals surface area contributed by atoms with Gasteiger partial charge in [-0.25, -0.2) is 8.42 Å². The Hall–Kier alpha value is -2.58. The summed E-state index contributed by atoms with van der Waals surface area (Å²) in [5.74, 6) is 0.324. The highest BCUT2D eigenvalue weighted by Gasteiger charge is 2.24. The quantitative estimate of drug-likeness (QED) is 0.799. The number of amides is 1. The summed E-state index contributed by atoms with van der Waals surface area (Å²) in [5.41, 5.74) is 1.37. The van der Waals surface area contributed by atoms with Gasteiger partial charge in [0.2, 0.25) is 0 Å². The molecule has 0 spiro atoms. The maximum atomic E-state index is 12.6. The molecule has 1 amide bonds. The predicted molar refractivity (Wildman–Crippen MR) is 106 cm³/mol. The second-order valence-corrected chi connectivity index (χ2v) is 8.27. The second-order valence-electron chi connectivity index (χ2n) is 6.59. The number of sulfonamides is 1. The van der Waals surface area contributed by atoms with Crippen LogP contribution in [0.25, 0.3) is 0 Å². The van der Waals surface area contributed by atoms with Crippen LogP contribution in [0.15, 0.2) is 53.4 Å². The van der Waals surface area contributed by atoms with Crippen LogP contribution in [0.1, 0.15) is 12.5 Å². The minimum atomic E-state index is -3.71. The highest BCUT2D eigenvalue weighted by molar-refractivity contribution is 7.92. The Bertz CT molecular complexity index is 922. The average Bonchev–Trinajstić information content (AvgIpc) is 2.70. The number of anilines is 1. The molecule has 150 valence electrons. The summed E-state index contributed by atoms with van der Waals surface area (Å²) in [7, 11) is -3.71. The molecular weight excluding hydrogens is 380 g/mol. The Morgan fingerprint density at radius 1 is 1.11 bits per heavy atom. The minimum absolute atomic E-state index is 0.110. The first-order valence-corrected chi connectivity index (χ1v) is 10.6. The molecule has 0 saturated carbocycles. The summed E-state index contributed by atoms with van der Waals surface area (Å²) in [6, 6.07) is 13.2. The van der Waals surface area contributed by atoms with Crippen molar-refractivity contribution in [3.63, 3.8) is 0 Å². The molecule has 1 saturated heterocycles. The lowest BCUT2D eigenvalue weighted by Crippen LogP contribution is -2.46. The van der Waals surface area contributed by atoms with Gasteiger partial charge in [-0.2, -0.15) is 0 Å². The van der Waals surface area contributed by atoms with Gasteiger partial charge < -0.3 is 14.4 Å². The van der Waals surface area contributed by atoms with Gasteiger partial charge in [-0.1, -0.05) is 18.2 Å². The van der Waals surface area contributed by atoms with Gasteiger partial charge in [-0.3, -0.25) is 9.52 Å². The highest BCUT2D eigenvalue weighted by Crippen LogP contribution is 2.22. The molecule has 0 aliphatic carbocycles. The number of carbonyl (C=O) groups is 1. The van der Waals surface area contributed by atoms with Crippen molar-refractivity contribution in [3.8, 4) is 5.75 Å². The van der Waals surface area contributed by atoms with Crippen molar-refractivity contribution in [2.24, 2.45) is 0 Å². The number of hydrogen-bond donors (Lipinski definition) is 1. The molecule has 3 rings (SSSR count). The maximum absolute atomic E-state index is 12.6. The average molecular weight is 404 g/mol. The number of rotatable bonds is 6. The van der Waals surface area contributed by atoms with Crippen LogP contribution in [0.3, 0.4) is 0 Å². The molecule has 1 aliphatic rings. The van der Waals surface area contributed by atoms with E-state index >= 15 is 0 Å². The number of nitrogens with one attached hydrogen (secondary N) is 1. The molecule has 2 aromatic rings. The molecule has 7 nitrogen and oxygen atoms in total. The minimum Gasteiger partial charge on any atom is -0.481 e. The Balaban J connectivity index is 1.65. The van der Waals surface area contributed by atoms with Crippen molar-refractivity contribution in [2.75, 3.05) is 31.0 Å². The molecule has 1 atom stereocenters. The normalized spacial score (nSPS) is 15.7. The standard InChI is InChI=1S/C20H24N2O5S/c1-15-5-3-4-6-19(15)21-28(24,25)18-9-7-17(8-10-18)27-16(2)20(23)22-11-13-26-14-12-22/h3-10,16,21H,11-14H2,1-2H3/t16-/m0/s1. The van der Waals surface area contributed by atoms with Crippen LogP contribution >= 0.6 is 0 Å². The Morgan fingerprint density at radius 2 is 1.75 bits per heavy atom. The first kappa shape index (κ1) is 20.2. The van der Waals surface area contributed by atoms with Crippen molar-refractivity contribution >= 4 is 21.6 Å². The Labute approximate surface area is 165 Å². The van der Waals surface area contributed by atoms with Crippen LogP contribution in [-0.4, -0.2) is 51.6 Å². The van der Waals surface area contributed by atoms with Gasteiger partial charge >= 0.3 is 0 Å². The molecular formula is C20H24N2O5S. The Morgan fingerprint density at radius 3 is 2.39 bits per heavy atom. The molecule has 0 unspecified atom stereocenters. The zero-order valence-electron chi connectivity index (χ0n) is 15.9. The smallest absolute Gasteiger partial charge is 0.263 e. The molecule has 1 aliphatic heterocycles. The maximum Gasteiger partial charge on any atom is 0.263 e. The third kappa shape index (κ3) is 4.82. The van der Waals surface area contributed by atoms with Crippen molar-refractivity contribution < 1.29 is 22.7 Å². The number of nitrogens with zero attached hydrogens (tertiary/aromatic N) is 1. The van der Waals surface area contributed by atoms with E-state index < -0.39 is 16.1 Å². The molecule has 0 bridgehead atoms. The van der Waals surface area contributed by atoms with Crippen molar-refractivity contribution in [1.82, 2.24) is 4.90 Å². The van der Waals surface area contributed by atoms with Crippen molar-refractivity contribution in [3.05, 3.63) is 54.1 Å². The fourth-order valence-electron chi connectivity index (χ4n) is 2.88.